The van der Waals surface area contributed by atoms with Crippen LogP contribution in [0.3, 0.4) is 0 Å². The van der Waals surface area contributed by atoms with Crippen molar-refractivity contribution in [1.82, 2.24) is 9.80 Å². The van der Waals surface area contributed by atoms with E-state index in [9.17, 15) is 10.4 Å². The molecule has 1 aliphatic rings. The number of hydrogen-bond acceptors (Lipinski definition) is 4. The molecule has 0 aromatic heterocycles. The highest BCUT2D eigenvalue weighted by atomic mass is 16.3. The third-order valence-electron chi connectivity index (χ3n) is 4.45. The predicted molar refractivity (Wildman–Crippen MR) is 94.2 cm³/mol. The highest BCUT2D eigenvalue weighted by molar-refractivity contribution is 5.37. The Kier molecular flexibility index (Phi) is 5.60. The Hall–Kier alpha value is -2.19. The summed E-state index contributed by atoms with van der Waals surface area (Å²) in [6.07, 6.45) is -0.370. The first-order valence-electron chi connectivity index (χ1n) is 8.39. The number of β-amino-alcohol motifs (C(OH)–C–C–N with tert-alkyl or cyclic N) is 1. The lowest BCUT2D eigenvalue weighted by Crippen LogP contribution is -2.33. The highest BCUT2D eigenvalue weighted by Gasteiger charge is 2.21. The summed E-state index contributed by atoms with van der Waals surface area (Å²) in [7, 11) is 0. The van der Waals surface area contributed by atoms with Crippen molar-refractivity contribution in [2.24, 2.45) is 0 Å². The minimum absolute atomic E-state index is 0.370. The van der Waals surface area contributed by atoms with Crippen LogP contribution < -0.4 is 0 Å². The Balaban J connectivity index is 1.63. The van der Waals surface area contributed by atoms with Crippen LogP contribution in [0.25, 0.3) is 0 Å². The first kappa shape index (κ1) is 16.7. The van der Waals surface area contributed by atoms with Gasteiger partial charge in [-0.1, -0.05) is 48.5 Å². The zero-order valence-electron chi connectivity index (χ0n) is 13.8. The van der Waals surface area contributed by atoms with Crippen LogP contribution in [-0.4, -0.2) is 47.2 Å². The van der Waals surface area contributed by atoms with Crippen molar-refractivity contribution in [3.8, 4) is 6.07 Å². The van der Waals surface area contributed by atoms with Crippen LogP contribution in [0, 0.1) is 11.3 Å². The summed E-state index contributed by atoms with van der Waals surface area (Å²) in [5.74, 6) is 0. The Bertz CT molecular complexity index is 696. The topological polar surface area (TPSA) is 50.5 Å². The molecule has 0 aliphatic carbocycles. The van der Waals surface area contributed by atoms with Gasteiger partial charge in [-0.25, -0.2) is 0 Å². The van der Waals surface area contributed by atoms with Crippen LogP contribution in [0.15, 0.2) is 54.6 Å². The minimum Gasteiger partial charge on any atom is -0.390 e. The van der Waals surface area contributed by atoms with Crippen molar-refractivity contribution >= 4 is 0 Å². The van der Waals surface area contributed by atoms with Crippen molar-refractivity contribution in [2.75, 3.05) is 26.2 Å². The molecule has 2 aromatic rings. The van der Waals surface area contributed by atoms with Gasteiger partial charge in [0.25, 0.3) is 0 Å². The number of hydrogen-bond donors (Lipinski definition) is 1. The largest absolute Gasteiger partial charge is 0.390 e. The lowest BCUT2D eigenvalue weighted by Gasteiger charge is -2.22. The van der Waals surface area contributed by atoms with Gasteiger partial charge in [0.05, 0.1) is 17.7 Å². The van der Waals surface area contributed by atoms with Crippen LogP contribution in [0.1, 0.15) is 16.7 Å². The van der Waals surface area contributed by atoms with Crippen LogP contribution >= 0.6 is 0 Å². The number of rotatable bonds is 4. The molecule has 4 nitrogen and oxygen atoms in total. The fourth-order valence-electron chi connectivity index (χ4n) is 3.26. The summed E-state index contributed by atoms with van der Waals surface area (Å²) in [5, 5.41) is 19.6. The second-order valence-electron chi connectivity index (χ2n) is 6.38. The standard InChI is InChI=1S/C20H23N3O/c21-12-18-8-4-5-9-19(18)14-23-11-10-22(15-20(24)16-23)13-17-6-2-1-3-7-17/h1-9,20,24H,10-11,13-16H2. The molecular formula is C20H23N3O. The number of benzene rings is 2. The fraction of sp³-hybridized carbons (Fsp3) is 0.350. The van der Waals surface area contributed by atoms with Gasteiger partial charge in [-0.15, -0.1) is 0 Å². The SMILES string of the molecule is N#Cc1ccccc1CN1CCN(Cc2ccccc2)CC(O)C1. The summed E-state index contributed by atoms with van der Waals surface area (Å²) in [6.45, 7) is 4.71. The second-order valence-corrected chi connectivity index (χ2v) is 6.38. The number of aliphatic hydroxyl groups excluding tert-OH is 1. The molecule has 2 aromatic carbocycles. The zero-order valence-corrected chi connectivity index (χ0v) is 13.8. The zero-order chi connectivity index (χ0) is 16.8. The first-order chi connectivity index (χ1) is 11.7. The van der Waals surface area contributed by atoms with E-state index in [0.717, 1.165) is 30.8 Å². The fourth-order valence-corrected chi connectivity index (χ4v) is 3.26. The van der Waals surface area contributed by atoms with Crippen molar-refractivity contribution < 1.29 is 5.11 Å². The molecule has 3 rings (SSSR count). The quantitative estimate of drug-likeness (QED) is 0.938. The van der Waals surface area contributed by atoms with E-state index in [1.54, 1.807) is 0 Å². The van der Waals surface area contributed by atoms with Gasteiger partial charge >= 0.3 is 0 Å². The van der Waals surface area contributed by atoms with Gasteiger partial charge in [-0.2, -0.15) is 5.26 Å². The minimum atomic E-state index is -0.370. The second kappa shape index (κ2) is 8.07. The third-order valence-corrected chi connectivity index (χ3v) is 4.45. The van der Waals surface area contributed by atoms with E-state index in [1.807, 2.05) is 30.3 Å². The maximum absolute atomic E-state index is 10.4. The summed E-state index contributed by atoms with van der Waals surface area (Å²) >= 11 is 0. The van der Waals surface area contributed by atoms with E-state index >= 15 is 0 Å². The monoisotopic (exact) mass is 321 g/mol. The average Bonchev–Trinajstić information content (AvgIpc) is 2.77. The van der Waals surface area contributed by atoms with Crippen molar-refractivity contribution in [1.29, 1.82) is 5.26 Å². The van der Waals surface area contributed by atoms with Crippen molar-refractivity contribution in [2.45, 2.75) is 19.2 Å². The first-order valence-corrected chi connectivity index (χ1v) is 8.39. The highest BCUT2D eigenvalue weighted by Crippen LogP contribution is 2.14. The van der Waals surface area contributed by atoms with Gasteiger partial charge in [0, 0.05) is 39.3 Å². The molecule has 1 heterocycles. The Morgan fingerprint density at radius 1 is 0.917 bits per heavy atom. The van der Waals surface area contributed by atoms with Crippen LogP contribution in [0.2, 0.25) is 0 Å². The summed E-state index contributed by atoms with van der Waals surface area (Å²) in [5.41, 5.74) is 3.02. The number of aliphatic hydroxyl groups is 1. The molecule has 1 unspecified atom stereocenters. The molecule has 1 fully saturated rings. The molecule has 4 heteroatoms. The predicted octanol–water partition coefficient (Wildman–Crippen LogP) is 2.24. The van der Waals surface area contributed by atoms with Gasteiger partial charge in [0.2, 0.25) is 0 Å². The molecule has 1 N–H and O–H groups in total. The molecule has 0 spiro atoms. The smallest absolute Gasteiger partial charge is 0.0995 e. The number of nitrogens with zero attached hydrogens (tertiary/aromatic N) is 3. The van der Waals surface area contributed by atoms with E-state index < -0.39 is 0 Å². The lowest BCUT2D eigenvalue weighted by molar-refractivity contribution is 0.106. The summed E-state index contributed by atoms with van der Waals surface area (Å²) in [6, 6.07) is 20.3. The molecule has 1 aliphatic heterocycles. The van der Waals surface area contributed by atoms with E-state index in [-0.39, 0.29) is 6.10 Å². The molecular weight excluding hydrogens is 298 g/mol. The maximum atomic E-state index is 10.4. The molecule has 0 bridgehead atoms. The molecule has 0 saturated carbocycles. The van der Waals surface area contributed by atoms with Crippen LogP contribution in [0.5, 0.6) is 0 Å². The molecule has 1 atom stereocenters. The van der Waals surface area contributed by atoms with E-state index in [4.69, 9.17) is 0 Å². The van der Waals surface area contributed by atoms with Crippen LogP contribution in [-0.2, 0) is 13.1 Å². The van der Waals surface area contributed by atoms with Crippen LogP contribution in [0.4, 0.5) is 0 Å². The Morgan fingerprint density at radius 3 is 2.25 bits per heavy atom. The lowest BCUT2D eigenvalue weighted by atomic mass is 10.1. The summed E-state index contributed by atoms with van der Waals surface area (Å²) in [4.78, 5) is 4.54. The molecule has 1 saturated heterocycles. The van der Waals surface area contributed by atoms with Gasteiger partial charge in [-0.3, -0.25) is 9.80 Å². The van der Waals surface area contributed by atoms with E-state index in [2.05, 4.69) is 40.1 Å². The Labute approximate surface area is 143 Å². The third kappa shape index (κ3) is 4.42. The number of nitriles is 1. The van der Waals surface area contributed by atoms with Gasteiger partial charge in [0.15, 0.2) is 0 Å². The maximum Gasteiger partial charge on any atom is 0.0995 e. The van der Waals surface area contributed by atoms with Gasteiger partial charge < -0.3 is 5.11 Å². The van der Waals surface area contributed by atoms with Gasteiger partial charge in [0.1, 0.15) is 0 Å². The molecule has 0 amide bonds. The Morgan fingerprint density at radius 2 is 1.54 bits per heavy atom. The molecule has 0 radical (unpaired) electrons. The normalized spacial score (nSPS) is 19.6. The molecule has 124 valence electrons. The van der Waals surface area contributed by atoms with E-state index in [1.165, 1.54) is 5.56 Å². The average molecular weight is 321 g/mol. The summed E-state index contributed by atoms with van der Waals surface area (Å²) < 4.78 is 0. The van der Waals surface area contributed by atoms with E-state index in [0.29, 0.717) is 19.6 Å². The molecule has 24 heavy (non-hydrogen) atoms. The van der Waals surface area contributed by atoms with Crippen molar-refractivity contribution in [3.05, 3.63) is 71.3 Å². The van der Waals surface area contributed by atoms with Crippen molar-refractivity contribution in [3.63, 3.8) is 0 Å². The van der Waals surface area contributed by atoms with Gasteiger partial charge in [-0.05, 0) is 17.2 Å².